The summed E-state index contributed by atoms with van der Waals surface area (Å²) in [4.78, 5) is 22.5. The van der Waals surface area contributed by atoms with Gasteiger partial charge in [0.2, 0.25) is 0 Å². The minimum absolute atomic E-state index is 0.195. The van der Waals surface area contributed by atoms with Crippen LogP contribution in [0.1, 0.15) is 0 Å². The first-order chi connectivity index (χ1) is 9.06. The van der Waals surface area contributed by atoms with E-state index in [1.165, 1.54) is 12.1 Å². The number of anilines is 2. The van der Waals surface area contributed by atoms with E-state index in [1.807, 2.05) is 0 Å². The standard InChI is InChI=1S/C11H8Cl2N4O2/c12-6-2-1-3-7(13)10(6)15-11(19)14-8-4-5-9(18)17-16-8/h1-5H,(H,17,18)(H2,14,15,16,19). The van der Waals surface area contributed by atoms with Gasteiger partial charge < -0.3 is 5.32 Å². The van der Waals surface area contributed by atoms with Crippen LogP contribution in [0.25, 0.3) is 0 Å². The molecule has 98 valence electrons. The van der Waals surface area contributed by atoms with Crippen molar-refractivity contribution in [3.05, 3.63) is 50.7 Å². The molecule has 3 N–H and O–H groups in total. The van der Waals surface area contributed by atoms with E-state index >= 15 is 0 Å². The summed E-state index contributed by atoms with van der Waals surface area (Å²) in [6, 6.07) is 6.90. The Kier molecular flexibility index (Phi) is 4.03. The first kappa shape index (κ1) is 13.4. The van der Waals surface area contributed by atoms with Crippen LogP contribution in [0.5, 0.6) is 0 Å². The maximum absolute atomic E-state index is 11.7. The van der Waals surface area contributed by atoms with Crippen molar-refractivity contribution in [1.82, 2.24) is 10.2 Å². The third kappa shape index (κ3) is 3.46. The lowest BCUT2D eigenvalue weighted by Crippen LogP contribution is -2.21. The highest BCUT2D eigenvalue weighted by molar-refractivity contribution is 6.39. The van der Waals surface area contributed by atoms with Gasteiger partial charge in [-0.25, -0.2) is 9.89 Å². The quantitative estimate of drug-likeness (QED) is 0.796. The molecule has 8 heteroatoms. The molecule has 2 amide bonds. The zero-order valence-electron chi connectivity index (χ0n) is 9.41. The van der Waals surface area contributed by atoms with E-state index < -0.39 is 6.03 Å². The number of hydrogen-bond acceptors (Lipinski definition) is 3. The van der Waals surface area contributed by atoms with E-state index in [0.717, 1.165) is 0 Å². The molecule has 2 rings (SSSR count). The summed E-state index contributed by atoms with van der Waals surface area (Å²) >= 11 is 11.8. The molecule has 0 fully saturated rings. The molecule has 0 spiro atoms. The Labute approximate surface area is 117 Å². The van der Waals surface area contributed by atoms with Crippen molar-refractivity contribution in [3.8, 4) is 0 Å². The van der Waals surface area contributed by atoms with Gasteiger partial charge in [0.15, 0.2) is 5.82 Å². The second kappa shape index (κ2) is 5.73. The van der Waals surface area contributed by atoms with Crippen LogP contribution < -0.4 is 16.2 Å². The van der Waals surface area contributed by atoms with E-state index in [-0.39, 0.29) is 11.4 Å². The van der Waals surface area contributed by atoms with Gasteiger partial charge in [-0.05, 0) is 18.2 Å². The summed E-state index contributed by atoms with van der Waals surface area (Å²) in [7, 11) is 0. The van der Waals surface area contributed by atoms with Gasteiger partial charge in [-0.2, -0.15) is 5.10 Å². The average Bonchev–Trinajstić information content (AvgIpc) is 2.37. The third-order valence-corrected chi connectivity index (χ3v) is 2.75. The minimum atomic E-state index is -0.574. The fourth-order valence-corrected chi connectivity index (χ4v) is 1.78. The number of para-hydroxylation sites is 1. The predicted molar refractivity (Wildman–Crippen MR) is 74.0 cm³/mol. The van der Waals surface area contributed by atoms with Gasteiger partial charge in [0.25, 0.3) is 5.56 Å². The minimum Gasteiger partial charge on any atom is -0.305 e. The van der Waals surface area contributed by atoms with Crippen molar-refractivity contribution in [2.24, 2.45) is 0 Å². The monoisotopic (exact) mass is 298 g/mol. The summed E-state index contributed by atoms with van der Waals surface area (Å²) in [6.07, 6.45) is 0. The topological polar surface area (TPSA) is 86.9 Å². The molecular weight excluding hydrogens is 291 g/mol. The Hall–Kier alpha value is -2.05. The molecule has 1 aromatic heterocycles. The number of amides is 2. The second-order valence-corrected chi connectivity index (χ2v) is 4.30. The van der Waals surface area contributed by atoms with Crippen LogP contribution in [-0.2, 0) is 0 Å². The number of aromatic amines is 1. The van der Waals surface area contributed by atoms with E-state index in [9.17, 15) is 9.59 Å². The normalized spacial score (nSPS) is 10.0. The fourth-order valence-electron chi connectivity index (χ4n) is 1.29. The van der Waals surface area contributed by atoms with Crippen LogP contribution >= 0.6 is 23.2 Å². The van der Waals surface area contributed by atoms with Gasteiger partial charge in [0, 0.05) is 6.07 Å². The summed E-state index contributed by atoms with van der Waals surface area (Å²) < 4.78 is 0. The van der Waals surface area contributed by atoms with E-state index in [1.54, 1.807) is 18.2 Å². The lowest BCUT2D eigenvalue weighted by atomic mass is 10.3. The molecule has 0 bridgehead atoms. The smallest absolute Gasteiger partial charge is 0.305 e. The van der Waals surface area contributed by atoms with Gasteiger partial charge >= 0.3 is 6.03 Å². The molecule has 2 aromatic rings. The largest absolute Gasteiger partial charge is 0.324 e. The van der Waals surface area contributed by atoms with Crippen molar-refractivity contribution in [2.45, 2.75) is 0 Å². The number of aromatic nitrogens is 2. The van der Waals surface area contributed by atoms with Crippen molar-refractivity contribution in [1.29, 1.82) is 0 Å². The van der Waals surface area contributed by atoms with E-state index in [0.29, 0.717) is 15.7 Å². The van der Waals surface area contributed by atoms with E-state index in [2.05, 4.69) is 20.8 Å². The van der Waals surface area contributed by atoms with Crippen molar-refractivity contribution < 1.29 is 4.79 Å². The molecule has 0 atom stereocenters. The SMILES string of the molecule is O=C(Nc1ccc(=O)[nH]n1)Nc1c(Cl)cccc1Cl. The van der Waals surface area contributed by atoms with Crippen LogP contribution in [0.4, 0.5) is 16.3 Å². The molecule has 1 aromatic carbocycles. The first-order valence-electron chi connectivity index (χ1n) is 5.14. The zero-order valence-corrected chi connectivity index (χ0v) is 10.9. The first-order valence-corrected chi connectivity index (χ1v) is 5.89. The van der Waals surface area contributed by atoms with Gasteiger partial charge in [-0.1, -0.05) is 29.3 Å². The maximum atomic E-state index is 11.7. The number of benzene rings is 1. The number of H-pyrrole nitrogens is 1. The van der Waals surface area contributed by atoms with Gasteiger partial charge in [-0.3, -0.25) is 10.1 Å². The van der Waals surface area contributed by atoms with Crippen LogP contribution in [0.15, 0.2) is 35.1 Å². The summed E-state index contributed by atoms with van der Waals surface area (Å²) in [5, 5.41) is 11.4. The Balaban J connectivity index is 2.09. The Morgan fingerprint density at radius 2 is 1.79 bits per heavy atom. The summed E-state index contributed by atoms with van der Waals surface area (Å²) in [5.41, 5.74) is -0.0622. The number of nitrogens with zero attached hydrogens (tertiary/aromatic N) is 1. The highest BCUT2D eigenvalue weighted by atomic mass is 35.5. The molecule has 0 unspecified atom stereocenters. The second-order valence-electron chi connectivity index (χ2n) is 3.48. The number of halogens is 2. The van der Waals surface area contributed by atoms with Gasteiger partial charge in [0.1, 0.15) is 0 Å². The lowest BCUT2D eigenvalue weighted by molar-refractivity contribution is 0.262. The molecule has 0 saturated heterocycles. The number of rotatable bonds is 2. The van der Waals surface area contributed by atoms with Crippen molar-refractivity contribution in [3.63, 3.8) is 0 Å². The fraction of sp³-hybridized carbons (Fsp3) is 0. The molecular formula is C11H8Cl2N4O2. The molecule has 1 heterocycles. The molecule has 0 radical (unpaired) electrons. The molecule has 0 aliphatic rings. The Bertz CT molecular complexity index is 631. The predicted octanol–water partition coefficient (Wildman–Crippen LogP) is 2.72. The number of nitrogens with one attached hydrogen (secondary N) is 3. The molecule has 6 nitrogen and oxygen atoms in total. The highest BCUT2D eigenvalue weighted by Crippen LogP contribution is 2.29. The van der Waals surface area contributed by atoms with Gasteiger partial charge in [0.05, 0.1) is 15.7 Å². The lowest BCUT2D eigenvalue weighted by Gasteiger charge is -2.09. The van der Waals surface area contributed by atoms with Gasteiger partial charge in [-0.15, -0.1) is 0 Å². The van der Waals surface area contributed by atoms with Crippen molar-refractivity contribution >= 4 is 40.7 Å². The zero-order chi connectivity index (χ0) is 13.8. The third-order valence-electron chi connectivity index (χ3n) is 2.12. The van der Waals surface area contributed by atoms with Crippen molar-refractivity contribution in [2.75, 3.05) is 10.6 Å². The number of urea groups is 1. The number of carbonyl (C=O) groups is 1. The number of hydrogen-bond donors (Lipinski definition) is 3. The molecule has 0 saturated carbocycles. The highest BCUT2D eigenvalue weighted by Gasteiger charge is 2.09. The average molecular weight is 299 g/mol. The molecule has 0 aliphatic carbocycles. The molecule has 19 heavy (non-hydrogen) atoms. The molecule has 0 aliphatic heterocycles. The van der Waals surface area contributed by atoms with E-state index in [4.69, 9.17) is 23.2 Å². The Morgan fingerprint density at radius 3 is 2.37 bits per heavy atom. The van der Waals surface area contributed by atoms with Crippen LogP contribution in [0.2, 0.25) is 10.0 Å². The number of carbonyl (C=O) groups excluding carboxylic acids is 1. The van der Waals surface area contributed by atoms with Crippen LogP contribution in [0.3, 0.4) is 0 Å². The van der Waals surface area contributed by atoms with Crippen LogP contribution in [-0.4, -0.2) is 16.2 Å². The summed E-state index contributed by atoms with van der Waals surface area (Å²) in [6.45, 7) is 0. The summed E-state index contributed by atoms with van der Waals surface area (Å²) in [5.74, 6) is 0.195. The van der Waals surface area contributed by atoms with Crippen LogP contribution in [0, 0.1) is 0 Å². The maximum Gasteiger partial charge on any atom is 0.324 e. The Morgan fingerprint density at radius 1 is 1.11 bits per heavy atom.